The van der Waals surface area contributed by atoms with Crippen molar-refractivity contribution in [2.75, 3.05) is 0 Å². The number of nitrogens with zero attached hydrogens (tertiary/aromatic N) is 3. The number of aromatic nitrogens is 3. The number of ether oxygens (including phenoxy) is 1. The van der Waals surface area contributed by atoms with Gasteiger partial charge in [-0.2, -0.15) is 0 Å². The molecule has 0 amide bonds. The minimum atomic E-state index is -0.552. The molecule has 0 spiro atoms. The van der Waals surface area contributed by atoms with Crippen LogP contribution in [0.15, 0.2) is 212 Å². The summed E-state index contributed by atoms with van der Waals surface area (Å²) in [5.74, 6) is 3.67. The van der Waals surface area contributed by atoms with Crippen LogP contribution in [0.1, 0.15) is 22.3 Å². The minimum absolute atomic E-state index is 0.552. The molecule has 0 saturated carbocycles. The van der Waals surface area contributed by atoms with Crippen LogP contribution in [-0.4, -0.2) is 15.0 Å². The maximum Gasteiger partial charge on any atom is 0.164 e. The van der Waals surface area contributed by atoms with Crippen LogP contribution < -0.4 is 4.74 Å². The number of hydrogen-bond donors (Lipinski definition) is 0. The number of fused-ring (bicyclic) bond motifs is 2. The summed E-state index contributed by atoms with van der Waals surface area (Å²) in [5.41, 5.74) is 11.4. The van der Waals surface area contributed by atoms with Crippen molar-refractivity contribution in [1.82, 2.24) is 15.0 Å². The Morgan fingerprint density at radius 3 is 1.20 bits per heavy atom. The van der Waals surface area contributed by atoms with Gasteiger partial charge < -0.3 is 4.74 Å². The molecule has 2 heterocycles. The third kappa shape index (κ3) is 5.85. The molecule has 0 aliphatic carbocycles. The topological polar surface area (TPSA) is 47.9 Å². The Labute approximate surface area is 326 Å². The lowest BCUT2D eigenvalue weighted by Gasteiger charge is -2.41. The van der Waals surface area contributed by atoms with Crippen LogP contribution in [0.4, 0.5) is 0 Å². The molecule has 0 radical (unpaired) electrons. The third-order valence-electron chi connectivity index (χ3n) is 10.7. The van der Waals surface area contributed by atoms with Crippen molar-refractivity contribution < 1.29 is 4.74 Å². The van der Waals surface area contributed by atoms with Gasteiger partial charge in [0.15, 0.2) is 17.5 Å². The van der Waals surface area contributed by atoms with Crippen LogP contribution in [0.5, 0.6) is 11.5 Å². The summed E-state index contributed by atoms with van der Waals surface area (Å²) in [6, 6.07) is 74.0. The van der Waals surface area contributed by atoms with Gasteiger partial charge in [-0.3, -0.25) is 0 Å². The molecule has 0 fully saturated rings. The molecule has 1 aromatic heterocycles. The zero-order valence-electron chi connectivity index (χ0n) is 30.5. The van der Waals surface area contributed by atoms with E-state index in [4.69, 9.17) is 19.7 Å². The summed E-state index contributed by atoms with van der Waals surface area (Å²) in [5, 5.41) is 0. The molecule has 9 aromatic rings. The van der Waals surface area contributed by atoms with Crippen molar-refractivity contribution in [2.45, 2.75) is 5.41 Å². The van der Waals surface area contributed by atoms with E-state index in [1.807, 2.05) is 72.8 Å². The normalized spacial score (nSPS) is 12.6. The first-order chi connectivity index (χ1) is 27.7. The quantitative estimate of drug-likeness (QED) is 0.165. The van der Waals surface area contributed by atoms with E-state index in [0.29, 0.717) is 17.5 Å². The molecular weight excluding hydrogens is 683 g/mol. The Hall–Kier alpha value is -7.43. The Kier molecular flexibility index (Phi) is 8.34. The van der Waals surface area contributed by atoms with Gasteiger partial charge >= 0.3 is 0 Å². The molecule has 0 N–H and O–H groups in total. The van der Waals surface area contributed by atoms with Crippen LogP contribution >= 0.6 is 0 Å². The monoisotopic (exact) mass is 717 g/mol. The molecule has 10 rings (SSSR count). The number of para-hydroxylation sites is 2. The Balaban J connectivity index is 1.03. The second-order valence-electron chi connectivity index (χ2n) is 14.0. The highest BCUT2D eigenvalue weighted by molar-refractivity contribution is 5.77. The average molecular weight is 718 g/mol. The van der Waals surface area contributed by atoms with Crippen molar-refractivity contribution in [3.05, 3.63) is 235 Å². The van der Waals surface area contributed by atoms with Crippen LogP contribution in [0.3, 0.4) is 0 Å². The Morgan fingerprint density at radius 2 is 0.661 bits per heavy atom. The molecule has 8 aromatic carbocycles. The predicted octanol–water partition coefficient (Wildman–Crippen LogP) is 12.7. The lowest BCUT2D eigenvalue weighted by Crippen LogP contribution is -2.34. The van der Waals surface area contributed by atoms with E-state index in [9.17, 15) is 0 Å². The molecule has 0 saturated heterocycles. The molecule has 0 bridgehead atoms. The van der Waals surface area contributed by atoms with Gasteiger partial charge in [0.25, 0.3) is 0 Å². The summed E-state index contributed by atoms with van der Waals surface area (Å²) in [6.45, 7) is 0. The van der Waals surface area contributed by atoms with Gasteiger partial charge in [-0.25, -0.2) is 15.0 Å². The lowest BCUT2D eigenvalue weighted by molar-refractivity contribution is 0.434. The molecule has 1 aliphatic rings. The van der Waals surface area contributed by atoms with E-state index in [1.165, 1.54) is 11.1 Å². The SMILES string of the molecule is c1ccc(-c2nc(-c3ccccc3)nc(-c3cccc(-c4cccc(-c5ccc(C6(c7ccccc7)c7ccccc7Oc7ccccc76)cc5)c4)c3)n2)cc1. The van der Waals surface area contributed by atoms with E-state index in [2.05, 4.69) is 140 Å². The number of rotatable bonds is 7. The first-order valence-corrected chi connectivity index (χ1v) is 18.9. The lowest BCUT2D eigenvalue weighted by atomic mass is 9.63. The largest absolute Gasteiger partial charge is 0.457 e. The van der Waals surface area contributed by atoms with E-state index in [1.54, 1.807) is 0 Å². The zero-order chi connectivity index (χ0) is 37.3. The highest BCUT2D eigenvalue weighted by Crippen LogP contribution is 2.55. The van der Waals surface area contributed by atoms with Gasteiger partial charge in [-0.15, -0.1) is 0 Å². The van der Waals surface area contributed by atoms with E-state index >= 15 is 0 Å². The highest BCUT2D eigenvalue weighted by atomic mass is 16.5. The summed E-state index contributed by atoms with van der Waals surface area (Å²) in [7, 11) is 0. The van der Waals surface area contributed by atoms with Gasteiger partial charge in [-0.1, -0.05) is 188 Å². The molecule has 1 aliphatic heterocycles. The average Bonchev–Trinajstić information content (AvgIpc) is 3.29. The third-order valence-corrected chi connectivity index (χ3v) is 10.7. The first kappa shape index (κ1) is 33.2. The minimum Gasteiger partial charge on any atom is -0.457 e. The maximum absolute atomic E-state index is 6.50. The fourth-order valence-corrected chi connectivity index (χ4v) is 8.04. The van der Waals surface area contributed by atoms with E-state index in [0.717, 1.165) is 61.6 Å². The summed E-state index contributed by atoms with van der Waals surface area (Å²) in [6.07, 6.45) is 0. The van der Waals surface area contributed by atoms with Crippen molar-refractivity contribution in [3.63, 3.8) is 0 Å². The summed E-state index contributed by atoms with van der Waals surface area (Å²) >= 11 is 0. The smallest absolute Gasteiger partial charge is 0.164 e. The number of hydrogen-bond acceptors (Lipinski definition) is 4. The second kappa shape index (κ2) is 14.1. The van der Waals surface area contributed by atoms with Crippen molar-refractivity contribution >= 4 is 0 Å². The van der Waals surface area contributed by atoms with Gasteiger partial charge in [0.1, 0.15) is 11.5 Å². The predicted molar refractivity (Wildman–Crippen MR) is 225 cm³/mol. The maximum atomic E-state index is 6.50. The second-order valence-corrected chi connectivity index (χ2v) is 14.0. The van der Waals surface area contributed by atoms with Crippen LogP contribution in [0.25, 0.3) is 56.4 Å². The molecular formula is C52H35N3O. The molecule has 264 valence electrons. The zero-order valence-corrected chi connectivity index (χ0v) is 30.5. The van der Waals surface area contributed by atoms with Gasteiger partial charge in [0.05, 0.1) is 5.41 Å². The van der Waals surface area contributed by atoms with Gasteiger partial charge in [0.2, 0.25) is 0 Å². The molecule has 0 unspecified atom stereocenters. The van der Waals surface area contributed by atoms with Crippen LogP contribution in [0, 0.1) is 0 Å². The van der Waals surface area contributed by atoms with Crippen LogP contribution in [-0.2, 0) is 5.41 Å². The number of benzene rings is 8. The fourth-order valence-electron chi connectivity index (χ4n) is 8.04. The van der Waals surface area contributed by atoms with Gasteiger partial charge in [0, 0.05) is 27.8 Å². The molecule has 0 atom stereocenters. The molecule has 4 heteroatoms. The van der Waals surface area contributed by atoms with Crippen molar-refractivity contribution in [2.24, 2.45) is 0 Å². The van der Waals surface area contributed by atoms with Crippen LogP contribution in [0.2, 0.25) is 0 Å². The summed E-state index contributed by atoms with van der Waals surface area (Å²) < 4.78 is 6.50. The highest BCUT2D eigenvalue weighted by Gasteiger charge is 2.45. The Bertz CT molecular complexity index is 2720. The van der Waals surface area contributed by atoms with Gasteiger partial charge in [-0.05, 0) is 57.6 Å². The van der Waals surface area contributed by atoms with Crippen molar-refractivity contribution in [1.29, 1.82) is 0 Å². The first-order valence-electron chi connectivity index (χ1n) is 18.9. The van der Waals surface area contributed by atoms with E-state index < -0.39 is 5.41 Å². The summed E-state index contributed by atoms with van der Waals surface area (Å²) in [4.78, 5) is 14.8. The molecule has 4 nitrogen and oxygen atoms in total. The molecule has 56 heavy (non-hydrogen) atoms. The van der Waals surface area contributed by atoms with Crippen molar-refractivity contribution in [3.8, 4) is 67.9 Å². The van der Waals surface area contributed by atoms with E-state index in [-0.39, 0.29) is 0 Å². The fraction of sp³-hybridized carbons (Fsp3) is 0.0192. The standard InChI is InChI=1S/C52H35N3O/c1-4-16-37(17-5-1)49-53-50(38-18-6-2-7-19-38)55-51(54-49)42-23-15-22-41(35-42)40-21-14-20-39(34-40)36-30-32-44(33-31-36)52(43-24-8-3-9-25-43)45-26-10-12-28-47(45)56-48-29-13-11-27-46(48)52/h1-35H. The Morgan fingerprint density at radius 1 is 0.286 bits per heavy atom.